The van der Waals surface area contributed by atoms with Gasteiger partial charge < -0.3 is 0 Å². The monoisotopic (exact) mass is 543 g/mol. The summed E-state index contributed by atoms with van der Waals surface area (Å²) in [4.78, 5) is 3.82. The molecule has 0 aromatic heterocycles. The lowest BCUT2D eigenvalue weighted by molar-refractivity contribution is 1.14. The van der Waals surface area contributed by atoms with Gasteiger partial charge in [0.1, 0.15) is 0 Å². The van der Waals surface area contributed by atoms with E-state index in [4.69, 9.17) is 0 Å². The van der Waals surface area contributed by atoms with E-state index in [1.165, 1.54) is 61.2 Å². The summed E-state index contributed by atoms with van der Waals surface area (Å²) >= 11 is 0. The average Bonchev–Trinajstić information content (AvgIpc) is 3.06. The minimum absolute atomic E-state index is 0.970. The highest BCUT2D eigenvalue weighted by atomic mass is 14.7. The number of hydrogen-bond acceptors (Lipinski definition) is 1. The van der Waals surface area contributed by atoms with Gasteiger partial charge in [-0.3, -0.25) is 4.99 Å². The van der Waals surface area contributed by atoms with Gasteiger partial charge in [0, 0.05) is 0 Å². The van der Waals surface area contributed by atoms with Crippen molar-refractivity contribution in [1.82, 2.24) is 0 Å². The van der Waals surface area contributed by atoms with E-state index in [0.29, 0.717) is 0 Å². The largest absolute Gasteiger partial charge is 0.264 e. The van der Waals surface area contributed by atoms with E-state index in [1.807, 2.05) is 31.2 Å². The Kier molecular flexibility index (Phi) is 9.21. The number of hydrogen-bond donors (Lipinski definition) is 0. The van der Waals surface area contributed by atoms with Crippen LogP contribution in [0.1, 0.15) is 23.6 Å². The molecule has 0 heterocycles. The molecule has 0 aliphatic heterocycles. The summed E-state index contributed by atoms with van der Waals surface area (Å²) in [7, 11) is 0. The van der Waals surface area contributed by atoms with Gasteiger partial charge in [-0.2, -0.15) is 0 Å². The average molecular weight is 544 g/mol. The molecule has 206 valence electrons. The number of benzene rings is 6. The maximum absolute atomic E-state index is 3.82. The molecule has 0 amide bonds. The fourth-order valence-electron chi connectivity index (χ4n) is 5.31. The van der Waals surface area contributed by atoms with E-state index in [0.717, 1.165) is 12.1 Å². The van der Waals surface area contributed by atoms with E-state index in [2.05, 4.69) is 147 Å². The smallest absolute Gasteiger partial charge is 0.0651 e. The van der Waals surface area contributed by atoms with Gasteiger partial charge >= 0.3 is 0 Å². The number of aryl methyl sites for hydroxylation is 3. The first-order chi connectivity index (χ1) is 20.6. The van der Waals surface area contributed by atoms with Crippen molar-refractivity contribution in [3.63, 3.8) is 0 Å². The molecule has 0 N–H and O–H groups in total. The number of nitrogens with zero attached hydrogens (tertiary/aromatic N) is 1. The van der Waals surface area contributed by atoms with Crippen molar-refractivity contribution in [3.8, 4) is 44.5 Å². The lowest BCUT2D eigenvalue weighted by Gasteiger charge is -2.15. The van der Waals surface area contributed by atoms with Crippen LogP contribution in [0, 0.1) is 13.8 Å². The Labute approximate surface area is 250 Å². The second-order valence-corrected chi connectivity index (χ2v) is 10.5. The second-order valence-electron chi connectivity index (χ2n) is 10.5. The Bertz CT molecular complexity index is 1720. The molecule has 0 aliphatic carbocycles. The van der Waals surface area contributed by atoms with Crippen LogP contribution in [-0.4, -0.2) is 6.72 Å². The van der Waals surface area contributed by atoms with Crippen molar-refractivity contribution in [1.29, 1.82) is 0 Å². The summed E-state index contributed by atoms with van der Waals surface area (Å²) in [5.41, 5.74) is 14.9. The molecule has 42 heavy (non-hydrogen) atoms. The van der Waals surface area contributed by atoms with E-state index in [9.17, 15) is 0 Å². The molecule has 0 saturated carbocycles. The zero-order chi connectivity index (χ0) is 29.3. The Balaban J connectivity index is 0.000000336. The zero-order valence-electron chi connectivity index (χ0n) is 24.7. The molecular formula is C41H37N. The molecule has 6 aromatic rings. The first-order valence-electron chi connectivity index (χ1n) is 14.5. The van der Waals surface area contributed by atoms with Crippen LogP contribution < -0.4 is 0 Å². The van der Waals surface area contributed by atoms with Crippen LogP contribution in [0.15, 0.2) is 151 Å². The van der Waals surface area contributed by atoms with Crippen molar-refractivity contribution >= 4 is 12.4 Å². The molecule has 0 bridgehead atoms. The van der Waals surface area contributed by atoms with Gasteiger partial charge in [-0.25, -0.2) is 0 Å². The van der Waals surface area contributed by atoms with Gasteiger partial charge in [0.25, 0.3) is 0 Å². The second kappa shape index (κ2) is 13.6. The minimum atomic E-state index is 0.970. The van der Waals surface area contributed by atoms with Crippen molar-refractivity contribution in [2.24, 2.45) is 4.99 Å². The van der Waals surface area contributed by atoms with Crippen molar-refractivity contribution < 1.29 is 0 Å². The number of para-hydroxylation sites is 1. The summed E-state index contributed by atoms with van der Waals surface area (Å²) in [5, 5.41) is 0. The van der Waals surface area contributed by atoms with Gasteiger partial charge in [0.05, 0.1) is 5.69 Å². The van der Waals surface area contributed by atoms with Gasteiger partial charge in [0.15, 0.2) is 0 Å². The predicted octanol–water partition coefficient (Wildman–Crippen LogP) is 11.6. The van der Waals surface area contributed by atoms with Crippen LogP contribution in [-0.2, 0) is 6.42 Å². The topological polar surface area (TPSA) is 12.4 Å². The van der Waals surface area contributed by atoms with Gasteiger partial charge in [-0.1, -0.05) is 122 Å². The molecule has 0 saturated heterocycles. The molecule has 0 spiro atoms. The third-order valence-corrected chi connectivity index (χ3v) is 7.69. The molecule has 0 unspecified atom stereocenters. The summed E-state index contributed by atoms with van der Waals surface area (Å²) in [6, 6.07) is 51.8. The first-order valence-corrected chi connectivity index (χ1v) is 14.5. The molecule has 0 radical (unpaired) electrons. The minimum Gasteiger partial charge on any atom is -0.264 e. The number of aliphatic imine (C=N–C) groups is 1. The molecular weight excluding hydrogens is 506 g/mol. The predicted molar refractivity (Wildman–Crippen MR) is 183 cm³/mol. The molecule has 0 aliphatic rings. The maximum Gasteiger partial charge on any atom is 0.0651 e. The van der Waals surface area contributed by atoms with E-state index >= 15 is 0 Å². The quantitative estimate of drug-likeness (QED) is 0.185. The Morgan fingerprint density at radius 1 is 0.452 bits per heavy atom. The number of rotatable bonds is 6. The zero-order valence-corrected chi connectivity index (χ0v) is 24.7. The Hall–Kier alpha value is -5.01. The van der Waals surface area contributed by atoms with E-state index in [-0.39, 0.29) is 0 Å². The van der Waals surface area contributed by atoms with E-state index in [1.54, 1.807) is 0 Å². The maximum atomic E-state index is 3.82. The van der Waals surface area contributed by atoms with Crippen LogP contribution >= 0.6 is 0 Å². The summed E-state index contributed by atoms with van der Waals surface area (Å²) in [6.45, 7) is 9.90. The van der Waals surface area contributed by atoms with Crippen LogP contribution in [0.2, 0.25) is 0 Å². The van der Waals surface area contributed by atoms with Crippen LogP contribution in [0.5, 0.6) is 0 Å². The van der Waals surface area contributed by atoms with Crippen molar-refractivity contribution in [2.45, 2.75) is 27.2 Å². The van der Waals surface area contributed by atoms with Crippen LogP contribution in [0.4, 0.5) is 5.69 Å². The first kappa shape index (κ1) is 28.5. The van der Waals surface area contributed by atoms with Crippen molar-refractivity contribution in [3.05, 3.63) is 162 Å². The molecule has 0 atom stereocenters. The standard InChI is InChI=1S/C33H28.C8H9N/c1-3-25-12-10-11-17-32(25)33-23-28(19-18-24(33)2)31-21-29(26-13-6-4-7-14-26)20-30(22-31)27-15-8-5-9-16-27;1-7-5-3-4-6-8(7)9-2/h4-23H,3H2,1-2H3;3-6H,2H2,1H3. The van der Waals surface area contributed by atoms with Gasteiger partial charge in [-0.05, 0) is 119 Å². The highest BCUT2D eigenvalue weighted by Gasteiger charge is 2.11. The van der Waals surface area contributed by atoms with Gasteiger partial charge in [-0.15, -0.1) is 0 Å². The van der Waals surface area contributed by atoms with Crippen LogP contribution in [0.25, 0.3) is 44.5 Å². The third-order valence-electron chi connectivity index (χ3n) is 7.69. The molecule has 1 nitrogen and oxygen atoms in total. The molecule has 6 aromatic carbocycles. The fourth-order valence-corrected chi connectivity index (χ4v) is 5.31. The Morgan fingerprint density at radius 3 is 1.52 bits per heavy atom. The lowest BCUT2D eigenvalue weighted by atomic mass is 9.89. The van der Waals surface area contributed by atoms with Crippen molar-refractivity contribution in [2.75, 3.05) is 0 Å². The lowest BCUT2D eigenvalue weighted by Crippen LogP contribution is -1.92. The summed E-state index contributed by atoms with van der Waals surface area (Å²) in [5.74, 6) is 0. The van der Waals surface area contributed by atoms with Crippen LogP contribution in [0.3, 0.4) is 0 Å². The van der Waals surface area contributed by atoms with Gasteiger partial charge in [0.2, 0.25) is 0 Å². The normalized spacial score (nSPS) is 10.5. The summed E-state index contributed by atoms with van der Waals surface area (Å²) in [6.07, 6.45) is 1.03. The van der Waals surface area contributed by atoms with E-state index < -0.39 is 0 Å². The third kappa shape index (κ3) is 6.65. The highest BCUT2D eigenvalue weighted by Crippen LogP contribution is 2.36. The molecule has 1 heteroatoms. The molecule has 0 fully saturated rings. The SMILES string of the molecule is C=Nc1ccccc1C.CCc1ccccc1-c1cc(-c2cc(-c3ccccc3)cc(-c3ccccc3)c2)ccc1C. The summed E-state index contributed by atoms with van der Waals surface area (Å²) < 4.78 is 0. The fraction of sp³-hybridized carbons (Fsp3) is 0.0976. The Morgan fingerprint density at radius 2 is 0.976 bits per heavy atom. The highest BCUT2D eigenvalue weighted by molar-refractivity contribution is 5.83. The molecule has 6 rings (SSSR count).